The lowest BCUT2D eigenvalue weighted by Gasteiger charge is -2.11. The van der Waals surface area contributed by atoms with Gasteiger partial charge in [0, 0.05) is 12.5 Å². The minimum atomic E-state index is -0.996. The standard InChI is InChI=1S/C19H20FNO4/c1-12(2)25-15-8-9-17(16(20)11-15)21-18(22)10-5-13-3-6-14(7-4-13)19(23)24/h3-4,6-9,11-12H,5,10H2,1-2H3,(H,21,22)(H,23,24). The molecule has 0 radical (unpaired) electrons. The van der Waals surface area contributed by atoms with Crippen molar-refractivity contribution in [2.24, 2.45) is 0 Å². The number of carboxylic acid groups (broad SMARTS) is 1. The van der Waals surface area contributed by atoms with Crippen LogP contribution in [0.5, 0.6) is 5.75 Å². The number of ether oxygens (including phenoxy) is 1. The van der Waals surface area contributed by atoms with E-state index in [-0.39, 0.29) is 29.7 Å². The third-order valence-electron chi connectivity index (χ3n) is 3.43. The molecule has 0 heterocycles. The first-order valence-electron chi connectivity index (χ1n) is 7.93. The van der Waals surface area contributed by atoms with Gasteiger partial charge in [-0.25, -0.2) is 9.18 Å². The average Bonchev–Trinajstić information content (AvgIpc) is 2.55. The number of nitrogens with one attached hydrogen (secondary N) is 1. The molecule has 0 aliphatic carbocycles. The lowest BCUT2D eigenvalue weighted by molar-refractivity contribution is -0.116. The molecule has 6 heteroatoms. The van der Waals surface area contributed by atoms with E-state index in [1.807, 2.05) is 13.8 Å². The summed E-state index contributed by atoms with van der Waals surface area (Å²) in [5.41, 5.74) is 1.13. The summed E-state index contributed by atoms with van der Waals surface area (Å²) in [6.07, 6.45) is 0.533. The second-order valence-electron chi connectivity index (χ2n) is 5.86. The van der Waals surface area contributed by atoms with Crippen molar-refractivity contribution in [2.75, 3.05) is 5.32 Å². The van der Waals surface area contributed by atoms with Gasteiger partial charge in [-0.15, -0.1) is 0 Å². The van der Waals surface area contributed by atoms with Crippen LogP contribution in [0.15, 0.2) is 42.5 Å². The van der Waals surface area contributed by atoms with Crippen LogP contribution in [-0.2, 0) is 11.2 Å². The van der Waals surface area contributed by atoms with Crippen LogP contribution in [0.2, 0.25) is 0 Å². The Balaban J connectivity index is 1.90. The fraction of sp³-hybridized carbons (Fsp3) is 0.263. The van der Waals surface area contributed by atoms with Crippen molar-refractivity contribution < 1.29 is 23.8 Å². The third-order valence-corrected chi connectivity index (χ3v) is 3.43. The first kappa shape index (κ1) is 18.4. The molecule has 0 aromatic heterocycles. The molecule has 0 saturated carbocycles. The molecule has 1 amide bonds. The summed E-state index contributed by atoms with van der Waals surface area (Å²) in [7, 11) is 0. The molecular weight excluding hydrogens is 325 g/mol. The molecule has 0 saturated heterocycles. The Kier molecular flexibility index (Phi) is 6.11. The number of rotatable bonds is 7. The van der Waals surface area contributed by atoms with Crippen LogP contribution >= 0.6 is 0 Å². The Labute approximate surface area is 145 Å². The van der Waals surface area contributed by atoms with E-state index in [2.05, 4.69) is 5.32 Å². The third kappa shape index (κ3) is 5.60. The largest absolute Gasteiger partial charge is 0.491 e. The van der Waals surface area contributed by atoms with Crippen LogP contribution in [0.25, 0.3) is 0 Å². The highest BCUT2D eigenvalue weighted by molar-refractivity contribution is 5.91. The smallest absolute Gasteiger partial charge is 0.335 e. The number of carbonyl (C=O) groups is 2. The first-order valence-corrected chi connectivity index (χ1v) is 7.93. The van der Waals surface area contributed by atoms with E-state index in [9.17, 15) is 14.0 Å². The normalized spacial score (nSPS) is 10.6. The van der Waals surface area contributed by atoms with Gasteiger partial charge in [0.15, 0.2) is 0 Å². The van der Waals surface area contributed by atoms with Crippen molar-refractivity contribution in [3.8, 4) is 5.75 Å². The van der Waals surface area contributed by atoms with E-state index in [1.165, 1.54) is 24.3 Å². The molecule has 0 fully saturated rings. The van der Waals surface area contributed by atoms with Gasteiger partial charge in [-0.1, -0.05) is 12.1 Å². The zero-order chi connectivity index (χ0) is 18.4. The molecule has 2 aromatic rings. The number of carboxylic acids is 1. The van der Waals surface area contributed by atoms with Crippen molar-refractivity contribution in [3.05, 3.63) is 59.4 Å². The predicted octanol–water partition coefficient (Wildman–Crippen LogP) is 3.88. The van der Waals surface area contributed by atoms with Gasteiger partial charge in [0.05, 0.1) is 17.4 Å². The summed E-state index contributed by atoms with van der Waals surface area (Å²) in [5, 5.41) is 11.4. The van der Waals surface area contributed by atoms with Gasteiger partial charge in [0.1, 0.15) is 11.6 Å². The van der Waals surface area contributed by atoms with E-state index >= 15 is 0 Å². The Bertz CT molecular complexity index is 757. The summed E-state index contributed by atoms with van der Waals surface area (Å²) in [6.45, 7) is 3.69. The number of aryl methyl sites for hydroxylation is 1. The number of benzene rings is 2. The molecule has 2 N–H and O–H groups in total. The van der Waals surface area contributed by atoms with Crippen molar-refractivity contribution >= 4 is 17.6 Å². The van der Waals surface area contributed by atoms with E-state index in [1.54, 1.807) is 18.2 Å². The molecule has 132 valence electrons. The molecule has 2 rings (SSSR count). The quantitative estimate of drug-likeness (QED) is 0.798. The van der Waals surface area contributed by atoms with Crippen LogP contribution in [0.4, 0.5) is 10.1 Å². The summed E-state index contributed by atoms with van der Waals surface area (Å²) in [6, 6.07) is 10.6. The maximum Gasteiger partial charge on any atom is 0.335 e. The number of hydrogen-bond acceptors (Lipinski definition) is 3. The van der Waals surface area contributed by atoms with Gasteiger partial charge in [0.25, 0.3) is 0 Å². The summed E-state index contributed by atoms with van der Waals surface area (Å²) < 4.78 is 19.4. The van der Waals surface area contributed by atoms with Crippen LogP contribution in [-0.4, -0.2) is 23.1 Å². The van der Waals surface area contributed by atoms with E-state index < -0.39 is 11.8 Å². The van der Waals surface area contributed by atoms with Gasteiger partial charge in [-0.3, -0.25) is 4.79 Å². The molecule has 0 aliphatic heterocycles. The van der Waals surface area contributed by atoms with Gasteiger partial charge < -0.3 is 15.2 Å². The fourth-order valence-corrected chi connectivity index (χ4v) is 2.23. The highest BCUT2D eigenvalue weighted by Crippen LogP contribution is 2.21. The lowest BCUT2D eigenvalue weighted by atomic mass is 10.1. The minimum Gasteiger partial charge on any atom is -0.491 e. The monoisotopic (exact) mass is 345 g/mol. The topological polar surface area (TPSA) is 75.6 Å². The lowest BCUT2D eigenvalue weighted by Crippen LogP contribution is -2.14. The summed E-state index contributed by atoms with van der Waals surface area (Å²) in [4.78, 5) is 22.8. The Morgan fingerprint density at radius 2 is 1.84 bits per heavy atom. The van der Waals surface area contributed by atoms with Crippen molar-refractivity contribution in [3.63, 3.8) is 0 Å². The predicted molar refractivity (Wildman–Crippen MR) is 92.5 cm³/mol. The fourth-order valence-electron chi connectivity index (χ4n) is 2.23. The van der Waals surface area contributed by atoms with Crippen molar-refractivity contribution in [1.29, 1.82) is 0 Å². The van der Waals surface area contributed by atoms with Gasteiger partial charge in [-0.05, 0) is 50.1 Å². The molecule has 0 bridgehead atoms. The first-order chi connectivity index (χ1) is 11.8. The second kappa shape index (κ2) is 8.28. The maximum absolute atomic E-state index is 14.0. The number of amides is 1. The molecule has 0 aliphatic rings. The van der Waals surface area contributed by atoms with Crippen molar-refractivity contribution in [1.82, 2.24) is 0 Å². The Morgan fingerprint density at radius 3 is 2.40 bits per heavy atom. The maximum atomic E-state index is 14.0. The summed E-state index contributed by atoms with van der Waals surface area (Å²) >= 11 is 0. The van der Waals surface area contributed by atoms with Gasteiger partial charge in [-0.2, -0.15) is 0 Å². The number of aromatic carboxylic acids is 1. The van der Waals surface area contributed by atoms with E-state index in [0.717, 1.165) is 5.56 Å². The number of anilines is 1. The average molecular weight is 345 g/mol. The highest BCUT2D eigenvalue weighted by atomic mass is 19.1. The van der Waals surface area contributed by atoms with Crippen molar-refractivity contribution in [2.45, 2.75) is 32.8 Å². The Morgan fingerprint density at radius 1 is 1.16 bits per heavy atom. The number of halogens is 1. The highest BCUT2D eigenvalue weighted by Gasteiger charge is 2.10. The van der Waals surface area contributed by atoms with E-state index in [0.29, 0.717) is 12.2 Å². The molecule has 0 unspecified atom stereocenters. The second-order valence-corrected chi connectivity index (χ2v) is 5.86. The molecule has 5 nitrogen and oxygen atoms in total. The summed E-state index contributed by atoms with van der Waals surface area (Å²) in [5.74, 6) is -1.47. The van der Waals surface area contributed by atoms with Crippen LogP contribution in [0, 0.1) is 5.82 Å². The number of carbonyl (C=O) groups excluding carboxylic acids is 1. The van der Waals surface area contributed by atoms with E-state index in [4.69, 9.17) is 9.84 Å². The van der Waals surface area contributed by atoms with Gasteiger partial charge in [0.2, 0.25) is 5.91 Å². The van der Waals surface area contributed by atoms with Crippen LogP contribution in [0.1, 0.15) is 36.2 Å². The SMILES string of the molecule is CC(C)Oc1ccc(NC(=O)CCc2ccc(C(=O)O)cc2)c(F)c1. The zero-order valence-electron chi connectivity index (χ0n) is 14.1. The molecule has 0 atom stereocenters. The number of hydrogen-bond donors (Lipinski definition) is 2. The molecule has 25 heavy (non-hydrogen) atoms. The Hall–Kier alpha value is -2.89. The zero-order valence-corrected chi connectivity index (χ0v) is 14.1. The molecule has 0 spiro atoms. The molecular formula is C19H20FNO4. The minimum absolute atomic E-state index is 0.0626. The van der Waals surface area contributed by atoms with Gasteiger partial charge >= 0.3 is 5.97 Å². The van der Waals surface area contributed by atoms with Crippen LogP contribution in [0.3, 0.4) is 0 Å². The van der Waals surface area contributed by atoms with Crippen LogP contribution < -0.4 is 10.1 Å². The molecule has 2 aromatic carbocycles.